The van der Waals surface area contributed by atoms with Crippen LogP contribution in [0.5, 0.6) is 0 Å². The lowest BCUT2D eigenvalue weighted by atomic mass is 10.0. The van der Waals surface area contributed by atoms with Gasteiger partial charge in [-0.2, -0.15) is 0 Å². The number of unbranched alkanes of at least 4 members (excludes halogenated alkanes) is 16. The van der Waals surface area contributed by atoms with Gasteiger partial charge in [0.1, 0.15) is 0 Å². The summed E-state index contributed by atoms with van der Waals surface area (Å²) in [5.41, 5.74) is 0. The van der Waals surface area contributed by atoms with E-state index >= 15 is 0 Å². The molecule has 0 aromatic heterocycles. The molecule has 0 unspecified atom stereocenters. The Bertz CT molecular complexity index is 298. The first-order valence-electron chi connectivity index (χ1n) is 11.1. The van der Waals surface area contributed by atoms with Crippen molar-refractivity contribution >= 4 is 16.8 Å². The van der Waals surface area contributed by atoms with Crippen LogP contribution in [0.15, 0.2) is 12.2 Å². The highest BCUT2D eigenvalue weighted by molar-refractivity contribution is 6.63. The molecule has 25 heavy (non-hydrogen) atoms. The number of carbonyl (C=O) groups excluding carboxylic acids is 1. The molecule has 0 aliphatic heterocycles. The third-order valence-electron chi connectivity index (χ3n) is 4.89. The summed E-state index contributed by atoms with van der Waals surface area (Å²) < 4.78 is 0. The van der Waals surface area contributed by atoms with Gasteiger partial charge >= 0.3 is 0 Å². The fourth-order valence-corrected chi connectivity index (χ4v) is 3.35. The van der Waals surface area contributed by atoms with Crippen molar-refractivity contribution in [3.63, 3.8) is 0 Å². The molecule has 0 aromatic rings. The molecule has 0 spiro atoms. The highest BCUT2D eigenvalue weighted by atomic mass is 35.5. The molecule has 0 aliphatic carbocycles. The summed E-state index contributed by atoms with van der Waals surface area (Å²) in [6.45, 7) is 2.28. The van der Waals surface area contributed by atoms with Crippen LogP contribution in [0.25, 0.3) is 0 Å². The van der Waals surface area contributed by atoms with Crippen molar-refractivity contribution in [3.05, 3.63) is 12.2 Å². The molecule has 2 heteroatoms. The third-order valence-corrected chi connectivity index (χ3v) is 5.07. The van der Waals surface area contributed by atoms with Crippen LogP contribution in [-0.2, 0) is 4.79 Å². The van der Waals surface area contributed by atoms with Gasteiger partial charge in [0.15, 0.2) is 0 Å². The van der Waals surface area contributed by atoms with Gasteiger partial charge in [-0.25, -0.2) is 0 Å². The molecule has 0 heterocycles. The van der Waals surface area contributed by atoms with Gasteiger partial charge < -0.3 is 0 Å². The van der Waals surface area contributed by atoms with E-state index in [1.54, 1.807) is 0 Å². The van der Waals surface area contributed by atoms with Gasteiger partial charge in [0.25, 0.3) is 0 Å². The van der Waals surface area contributed by atoms with Crippen LogP contribution in [0.3, 0.4) is 0 Å². The lowest BCUT2D eigenvalue weighted by molar-refractivity contribution is -0.111. The van der Waals surface area contributed by atoms with Crippen LogP contribution in [0.2, 0.25) is 0 Å². The number of rotatable bonds is 20. The Morgan fingerprint density at radius 2 is 0.960 bits per heavy atom. The zero-order valence-electron chi connectivity index (χ0n) is 16.9. The first-order chi connectivity index (χ1) is 12.3. The first kappa shape index (κ1) is 24.7. The highest BCUT2D eigenvalue weighted by Gasteiger charge is 1.95. The van der Waals surface area contributed by atoms with Crippen LogP contribution < -0.4 is 0 Å². The molecule has 0 aliphatic rings. The van der Waals surface area contributed by atoms with E-state index < -0.39 is 0 Å². The van der Waals surface area contributed by atoms with Crippen LogP contribution in [0, 0.1) is 0 Å². The zero-order chi connectivity index (χ0) is 18.4. The minimum atomic E-state index is -0.196. The van der Waals surface area contributed by atoms with Crippen molar-refractivity contribution in [1.82, 2.24) is 0 Å². The summed E-state index contributed by atoms with van der Waals surface area (Å²) >= 11 is 5.31. The second-order valence-corrected chi connectivity index (χ2v) is 7.88. The smallest absolute Gasteiger partial charge is 0.221 e. The van der Waals surface area contributed by atoms with Gasteiger partial charge in [0, 0.05) is 6.42 Å². The summed E-state index contributed by atoms with van der Waals surface area (Å²) in [5.74, 6) is 0. The topological polar surface area (TPSA) is 17.1 Å². The van der Waals surface area contributed by atoms with Crippen molar-refractivity contribution in [2.24, 2.45) is 0 Å². The molecule has 0 saturated carbocycles. The number of halogens is 1. The molecular weight excluding hydrogens is 328 g/mol. The fourth-order valence-electron chi connectivity index (χ4n) is 3.22. The van der Waals surface area contributed by atoms with Crippen molar-refractivity contribution in [1.29, 1.82) is 0 Å². The van der Waals surface area contributed by atoms with Crippen molar-refractivity contribution in [2.45, 2.75) is 129 Å². The quantitative estimate of drug-likeness (QED) is 0.119. The Balaban J connectivity index is 3.06. The second kappa shape index (κ2) is 21.7. The number of allylic oxidation sites excluding steroid dienone is 2. The van der Waals surface area contributed by atoms with Crippen molar-refractivity contribution in [2.75, 3.05) is 0 Å². The SMILES string of the molecule is CCCCCCCCCCCCCCC/C=C/CCCCCC(=O)Cl. The molecule has 148 valence electrons. The summed E-state index contributed by atoms with van der Waals surface area (Å²) in [6, 6.07) is 0. The Kier molecular flexibility index (Phi) is 21.5. The van der Waals surface area contributed by atoms with E-state index in [-0.39, 0.29) is 5.24 Å². The number of hydrogen-bond donors (Lipinski definition) is 0. The number of hydrogen-bond acceptors (Lipinski definition) is 1. The van der Waals surface area contributed by atoms with Crippen molar-refractivity contribution < 1.29 is 4.79 Å². The predicted molar refractivity (Wildman–Crippen MR) is 113 cm³/mol. The predicted octanol–water partition coefficient (Wildman–Crippen LogP) is 8.74. The molecule has 0 aromatic carbocycles. The second-order valence-electron chi connectivity index (χ2n) is 7.46. The van der Waals surface area contributed by atoms with Crippen LogP contribution in [-0.4, -0.2) is 5.24 Å². The lowest BCUT2D eigenvalue weighted by Gasteiger charge is -2.02. The van der Waals surface area contributed by atoms with Crippen LogP contribution in [0.4, 0.5) is 0 Å². The molecule has 0 bridgehead atoms. The molecule has 1 nitrogen and oxygen atoms in total. The van der Waals surface area contributed by atoms with Gasteiger partial charge in [0.2, 0.25) is 5.24 Å². The van der Waals surface area contributed by atoms with E-state index in [0.717, 1.165) is 19.3 Å². The van der Waals surface area contributed by atoms with Gasteiger partial charge in [-0.1, -0.05) is 103 Å². The van der Waals surface area contributed by atoms with E-state index in [1.165, 1.54) is 96.3 Å². The largest absolute Gasteiger partial charge is 0.281 e. The number of carbonyl (C=O) groups is 1. The molecule has 0 amide bonds. The minimum absolute atomic E-state index is 0.196. The minimum Gasteiger partial charge on any atom is -0.281 e. The average Bonchev–Trinajstić information content (AvgIpc) is 2.60. The normalized spacial score (nSPS) is 11.4. The zero-order valence-corrected chi connectivity index (χ0v) is 17.6. The van der Waals surface area contributed by atoms with E-state index in [1.807, 2.05) is 0 Å². The maximum Gasteiger partial charge on any atom is 0.221 e. The summed E-state index contributed by atoms with van der Waals surface area (Å²) in [7, 11) is 0. The standard InChI is InChI=1S/C23H43ClO/c1-2-3-4-5-6-7-8-9-10-11-12-13-14-15-16-17-18-19-20-21-22-23(24)25/h16-17H,2-15,18-22H2,1H3/b17-16+. The molecular formula is C23H43ClO. The third kappa shape index (κ3) is 23.7. The Labute approximate surface area is 163 Å². The maximum absolute atomic E-state index is 10.6. The molecule has 0 atom stereocenters. The molecule has 0 N–H and O–H groups in total. The van der Waals surface area contributed by atoms with Crippen LogP contribution in [0.1, 0.15) is 129 Å². The maximum atomic E-state index is 10.6. The van der Waals surface area contributed by atoms with Gasteiger partial charge in [-0.05, 0) is 43.7 Å². The highest BCUT2D eigenvalue weighted by Crippen LogP contribution is 2.13. The average molecular weight is 371 g/mol. The summed E-state index contributed by atoms with van der Waals surface area (Å²) in [4.78, 5) is 10.6. The van der Waals surface area contributed by atoms with Gasteiger partial charge in [-0.15, -0.1) is 0 Å². The first-order valence-corrected chi connectivity index (χ1v) is 11.5. The van der Waals surface area contributed by atoms with E-state index in [4.69, 9.17) is 11.6 Å². The van der Waals surface area contributed by atoms with Gasteiger partial charge in [0.05, 0.1) is 0 Å². The van der Waals surface area contributed by atoms with E-state index in [0.29, 0.717) is 6.42 Å². The van der Waals surface area contributed by atoms with Gasteiger partial charge in [-0.3, -0.25) is 4.79 Å². The Hall–Kier alpha value is -0.300. The van der Waals surface area contributed by atoms with Crippen molar-refractivity contribution in [3.8, 4) is 0 Å². The summed E-state index contributed by atoms with van der Waals surface area (Å²) in [5, 5.41) is -0.196. The van der Waals surface area contributed by atoms with E-state index in [9.17, 15) is 4.79 Å². The Morgan fingerprint density at radius 1 is 0.600 bits per heavy atom. The lowest BCUT2D eigenvalue weighted by Crippen LogP contribution is -1.85. The molecule has 0 radical (unpaired) electrons. The fraction of sp³-hybridized carbons (Fsp3) is 0.870. The monoisotopic (exact) mass is 370 g/mol. The van der Waals surface area contributed by atoms with E-state index in [2.05, 4.69) is 19.1 Å². The molecule has 0 fully saturated rings. The molecule has 0 saturated heterocycles. The molecule has 0 rings (SSSR count). The summed E-state index contributed by atoms with van der Waals surface area (Å²) in [6.07, 6.45) is 29.3. The Morgan fingerprint density at radius 3 is 1.36 bits per heavy atom. The van der Waals surface area contributed by atoms with Crippen LogP contribution >= 0.6 is 11.6 Å².